The van der Waals surface area contributed by atoms with Gasteiger partial charge in [0.05, 0.1) is 12.6 Å². The Morgan fingerprint density at radius 2 is 1.97 bits per heavy atom. The fraction of sp³-hybridized carbons (Fsp3) is 0.227. The van der Waals surface area contributed by atoms with Gasteiger partial charge in [0, 0.05) is 33.5 Å². The summed E-state index contributed by atoms with van der Waals surface area (Å²) in [6.45, 7) is 7.63. The summed E-state index contributed by atoms with van der Waals surface area (Å²) in [6, 6.07) is 11.8. The largest absolute Gasteiger partial charge is 0.394 e. The third kappa shape index (κ3) is 6.82. The van der Waals surface area contributed by atoms with Crippen LogP contribution in [0.3, 0.4) is 0 Å². The van der Waals surface area contributed by atoms with Gasteiger partial charge in [0.25, 0.3) is 0 Å². The smallest absolute Gasteiger partial charge is 0.319 e. The van der Waals surface area contributed by atoms with E-state index in [1.165, 1.54) is 6.20 Å². The van der Waals surface area contributed by atoms with Crippen LogP contribution in [0.2, 0.25) is 10.0 Å². The molecule has 29 heavy (non-hydrogen) atoms. The molecule has 0 aliphatic heterocycles. The Balaban J connectivity index is 2.13. The number of carbonyl (C=O) groups excluding carboxylic acids is 1. The topological polar surface area (TPSA) is 73.4 Å². The highest BCUT2D eigenvalue weighted by Crippen LogP contribution is 2.28. The molecular weight excluding hydrogens is 409 g/mol. The minimum atomic E-state index is -0.587. The number of aliphatic hydroxyl groups excluding tert-OH is 1. The second-order valence-corrected chi connectivity index (χ2v) is 7.55. The van der Waals surface area contributed by atoms with Gasteiger partial charge >= 0.3 is 6.03 Å². The minimum absolute atomic E-state index is 0.263. The van der Waals surface area contributed by atoms with Crippen molar-refractivity contribution in [2.24, 2.45) is 0 Å². The molecule has 4 N–H and O–H groups in total. The van der Waals surface area contributed by atoms with Crippen LogP contribution in [0.5, 0.6) is 0 Å². The van der Waals surface area contributed by atoms with Crippen molar-refractivity contribution in [3.05, 3.63) is 82.5 Å². The van der Waals surface area contributed by atoms with Gasteiger partial charge in [0.1, 0.15) is 0 Å². The van der Waals surface area contributed by atoms with Gasteiger partial charge in [-0.1, -0.05) is 48.0 Å². The van der Waals surface area contributed by atoms with Gasteiger partial charge < -0.3 is 21.1 Å². The number of benzene rings is 2. The van der Waals surface area contributed by atoms with Gasteiger partial charge in [-0.05, 0) is 55.3 Å². The maximum atomic E-state index is 12.3. The average Bonchev–Trinajstić information content (AvgIpc) is 2.68. The molecule has 2 aromatic carbocycles. The predicted octanol–water partition coefficient (Wildman–Crippen LogP) is 5.37. The second-order valence-electron chi connectivity index (χ2n) is 6.71. The Morgan fingerprint density at radius 3 is 2.59 bits per heavy atom. The van der Waals surface area contributed by atoms with E-state index >= 15 is 0 Å². The maximum Gasteiger partial charge on any atom is 0.319 e. The Hall–Kier alpha value is -2.47. The molecular formula is C22H25Cl2N3O2. The highest BCUT2D eigenvalue weighted by atomic mass is 35.5. The quantitative estimate of drug-likeness (QED) is 0.422. The van der Waals surface area contributed by atoms with Gasteiger partial charge in [-0.2, -0.15) is 0 Å². The first-order valence-corrected chi connectivity index (χ1v) is 9.92. The molecule has 0 aromatic heterocycles. The molecule has 0 heterocycles. The minimum Gasteiger partial charge on any atom is -0.394 e. The molecule has 0 saturated heterocycles. The molecule has 0 unspecified atom stereocenters. The molecule has 154 valence electrons. The van der Waals surface area contributed by atoms with Crippen molar-refractivity contribution < 1.29 is 9.90 Å². The molecule has 0 saturated carbocycles. The van der Waals surface area contributed by atoms with Gasteiger partial charge in [-0.3, -0.25) is 0 Å². The zero-order chi connectivity index (χ0) is 21.4. The van der Waals surface area contributed by atoms with Crippen molar-refractivity contribution in [3.63, 3.8) is 0 Å². The highest BCUT2D eigenvalue weighted by molar-refractivity contribution is 6.32. The van der Waals surface area contributed by atoms with E-state index in [1.54, 1.807) is 36.4 Å². The van der Waals surface area contributed by atoms with Crippen molar-refractivity contribution in [2.75, 3.05) is 11.9 Å². The van der Waals surface area contributed by atoms with E-state index < -0.39 is 12.1 Å². The number of hydrogen-bond donors (Lipinski definition) is 4. The molecule has 0 radical (unpaired) electrons. The summed E-state index contributed by atoms with van der Waals surface area (Å²) in [5.41, 5.74) is 3.01. The van der Waals surface area contributed by atoms with Crippen molar-refractivity contribution in [3.8, 4) is 0 Å². The first-order valence-electron chi connectivity index (χ1n) is 9.16. The fourth-order valence-corrected chi connectivity index (χ4v) is 3.14. The summed E-state index contributed by atoms with van der Waals surface area (Å²) >= 11 is 12.3. The van der Waals surface area contributed by atoms with Gasteiger partial charge in [0.15, 0.2) is 0 Å². The number of hydrogen-bond acceptors (Lipinski definition) is 3. The lowest BCUT2D eigenvalue weighted by Crippen LogP contribution is -2.37. The fourth-order valence-electron chi connectivity index (χ4n) is 2.72. The van der Waals surface area contributed by atoms with Crippen molar-refractivity contribution in [2.45, 2.75) is 25.9 Å². The number of anilines is 1. The second kappa shape index (κ2) is 10.9. The average molecular weight is 434 g/mol. The van der Waals surface area contributed by atoms with E-state index in [0.717, 1.165) is 11.3 Å². The standard InChI is InChI=1S/C22H25Cl2N3O2/c1-4-15(19-11-18(26-14(2)3)8-9-20(19)24)12-25-22(29)27-21(13-28)16-6-5-7-17(23)10-16/h4-12,14,21,26,28H,1,13H2,2-3H3,(H2,25,27,29)/b15-12+/t21-/m1/s1. The molecule has 1 atom stereocenters. The SMILES string of the molecule is C=C/C(=C\NC(=O)N[C@H](CO)c1cccc(Cl)c1)c1cc(NC(C)C)ccc1Cl. The summed E-state index contributed by atoms with van der Waals surface area (Å²) in [5.74, 6) is 0. The number of allylic oxidation sites excluding steroid dienone is 2. The molecule has 0 bridgehead atoms. The number of amides is 2. The number of nitrogens with one attached hydrogen (secondary N) is 3. The molecule has 0 fully saturated rings. The zero-order valence-electron chi connectivity index (χ0n) is 16.4. The van der Waals surface area contributed by atoms with Crippen LogP contribution in [-0.4, -0.2) is 23.8 Å². The predicted molar refractivity (Wildman–Crippen MR) is 121 cm³/mol. The monoisotopic (exact) mass is 433 g/mol. The Morgan fingerprint density at radius 1 is 1.21 bits per heavy atom. The number of aliphatic hydroxyl groups is 1. The molecule has 0 aliphatic carbocycles. The molecule has 0 aliphatic rings. The molecule has 0 spiro atoms. The first-order chi connectivity index (χ1) is 13.8. The van der Waals surface area contributed by atoms with Crippen LogP contribution in [0.1, 0.15) is 31.0 Å². The maximum absolute atomic E-state index is 12.3. The summed E-state index contributed by atoms with van der Waals surface area (Å²) < 4.78 is 0. The van der Waals surface area contributed by atoms with E-state index in [-0.39, 0.29) is 12.6 Å². The van der Waals surface area contributed by atoms with Crippen LogP contribution in [0.15, 0.2) is 61.3 Å². The highest BCUT2D eigenvalue weighted by Gasteiger charge is 2.14. The van der Waals surface area contributed by atoms with E-state index in [4.69, 9.17) is 23.2 Å². The van der Waals surface area contributed by atoms with E-state index in [0.29, 0.717) is 21.2 Å². The number of carbonyl (C=O) groups is 1. The van der Waals surface area contributed by atoms with Crippen LogP contribution in [-0.2, 0) is 0 Å². The summed E-state index contributed by atoms with van der Waals surface area (Å²) in [7, 11) is 0. The molecule has 2 amide bonds. The molecule has 2 rings (SSSR count). The van der Waals surface area contributed by atoms with Crippen molar-refractivity contribution in [1.29, 1.82) is 0 Å². The van der Waals surface area contributed by atoms with Crippen LogP contribution < -0.4 is 16.0 Å². The lowest BCUT2D eigenvalue weighted by atomic mass is 10.1. The van der Waals surface area contributed by atoms with Gasteiger partial charge in [-0.25, -0.2) is 4.79 Å². The number of halogens is 2. The lowest BCUT2D eigenvalue weighted by molar-refractivity contribution is 0.219. The lowest BCUT2D eigenvalue weighted by Gasteiger charge is -2.17. The third-order valence-corrected chi connectivity index (χ3v) is 4.62. The number of urea groups is 1. The van der Waals surface area contributed by atoms with Crippen LogP contribution in [0.4, 0.5) is 10.5 Å². The first kappa shape index (κ1) is 22.8. The van der Waals surface area contributed by atoms with Crippen LogP contribution in [0.25, 0.3) is 5.57 Å². The summed E-state index contributed by atoms with van der Waals surface area (Å²) in [4.78, 5) is 12.3. The Bertz CT molecular complexity index is 897. The van der Waals surface area contributed by atoms with E-state index in [2.05, 4.69) is 22.5 Å². The Labute approximate surface area is 181 Å². The molecule has 2 aromatic rings. The van der Waals surface area contributed by atoms with Crippen LogP contribution >= 0.6 is 23.2 Å². The number of rotatable bonds is 8. The van der Waals surface area contributed by atoms with Gasteiger partial charge in [-0.15, -0.1) is 0 Å². The normalized spacial score (nSPS) is 12.4. The zero-order valence-corrected chi connectivity index (χ0v) is 17.9. The Kier molecular flexibility index (Phi) is 8.58. The van der Waals surface area contributed by atoms with Crippen molar-refractivity contribution in [1.82, 2.24) is 10.6 Å². The summed E-state index contributed by atoms with van der Waals surface area (Å²) in [5, 5.41) is 19.4. The molecule has 7 heteroatoms. The van der Waals surface area contributed by atoms with E-state index in [9.17, 15) is 9.90 Å². The summed E-state index contributed by atoms with van der Waals surface area (Å²) in [6.07, 6.45) is 3.14. The van der Waals surface area contributed by atoms with E-state index in [1.807, 2.05) is 26.0 Å². The third-order valence-electron chi connectivity index (χ3n) is 4.05. The van der Waals surface area contributed by atoms with Gasteiger partial charge in [0.2, 0.25) is 0 Å². The molecule has 5 nitrogen and oxygen atoms in total. The van der Waals surface area contributed by atoms with Crippen molar-refractivity contribution >= 4 is 40.5 Å². The van der Waals surface area contributed by atoms with Crippen LogP contribution in [0, 0.1) is 0 Å².